The highest BCUT2D eigenvalue weighted by Gasteiger charge is 2.34. The highest BCUT2D eigenvalue weighted by atomic mass is 32.1. The first-order chi connectivity index (χ1) is 10.0. The normalized spacial score (nSPS) is 20.6. The summed E-state index contributed by atoms with van der Waals surface area (Å²) >= 11 is 1.56. The van der Waals surface area contributed by atoms with E-state index in [1.807, 2.05) is 30.3 Å². The first kappa shape index (κ1) is 13.0. The molecule has 21 heavy (non-hydrogen) atoms. The fourth-order valence-corrected chi connectivity index (χ4v) is 4.11. The van der Waals surface area contributed by atoms with Crippen LogP contribution in [0.4, 0.5) is 0 Å². The van der Waals surface area contributed by atoms with E-state index in [2.05, 4.69) is 13.8 Å². The number of aliphatic hydroxyl groups is 1. The summed E-state index contributed by atoms with van der Waals surface area (Å²) in [4.78, 5) is 5.73. The number of hydrogen-bond donors (Lipinski definition) is 1. The Labute approximate surface area is 127 Å². The molecular formula is C17H17NO2S. The molecule has 0 fully saturated rings. The Kier molecular flexibility index (Phi) is 2.75. The number of thiazole rings is 1. The fraction of sp³-hybridized carbons (Fsp3) is 0.353. The minimum Gasteiger partial charge on any atom is -0.454 e. The summed E-state index contributed by atoms with van der Waals surface area (Å²) in [6.07, 6.45) is 1.30. The molecular weight excluding hydrogens is 282 g/mol. The smallest absolute Gasteiger partial charge is 0.164 e. The Morgan fingerprint density at radius 1 is 1.33 bits per heavy atom. The molecule has 3 nitrogen and oxygen atoms in total. The summed E-state index contributed by atoms with van der Waals surface area (Å²) in [6.45, 7) is 4.36. The van der Waals surface area contributed by atoms with Crippen molar-refractivity contribution < 1.29 is 9.52 Å². The molecule has 108 valence electrons. The van der Waals surface area contributed by atoms with E-state index < -0.39 is 6.10 Å². The molecule has 1 aliphatic rings. The van der Waals surface area contributed by atoms with Gasteiger partial charge >= 0.3 is 0 Å². The Balaban J connectivity index is 1.80. The first-order valence-corrected chi connectivity index (χ1v) is 8.00. The van der Waals surface area contributed by atoms with Crippen molar-refractivity contribution in [3.8, 4) is 10.8 Å². The number of para-hydroxylation sites is 1. The zero-order valence-corrected chi connectivity index (χ0v) is 12.9. The lowest BCUT2D eigenvalue weighted by Crippen LogP contribution is -2.24. The predicted molar refractivity (Wildman–Crippen MR) is 84.4 cm³/mol. The van der Waals surface area contributed by atoms with Crippen molar-refractivity contribution in [2.45, 2.75) is 32.8 Å². The maximum absolute atomic E-state index is 10.3. The summed E-state index contributed by atoms with van der Waals surface area (Å²) in [5.41, 5.74) is 2.01. The van der Waals surface area contributed by atoms with Gasteiger partial charge in [-0.05, 0) is 30.4 Å². The minimum absolute atomic E-state index is 0.103. The van der Waals surface area contributed by atoms with E-state index in [0.717, 1.165) is 45.1 Å². The molecule has 0 radical (unpaired) electrons. The van der Waals surface area contributed by atoms with Crippen LogP contribution in [-0.4, -0.2) is 10.1 Å². The average molecular weight is 299 g/mol. The molecule has 0 bridgehead atoms. The van der Waals surface area contributed by atoms with Gasteiger partial charge < -0.3 is 9.52 Å². The number of aromatic nitrogens is 1. The van der Waals surface area contributed by atoms with Crippen LogP contribution in [0.2, 0.25) is 0 Å². The SMILES string of the molecule is CC1(C)Cc2nc(-c3cc4ccccc4o3)sc2C(O)C1. The van der Waals surface area contributed by atoms with E-state index in [-0.39, 0.29) is 5.41 Å². The molecule has 1 aliphatic carbocycles. The number of aliphatic hydroxyl groups excluding tert-OH is 1. The van der Waals surface area contributed by atoms with Crippen molar-refractivity contribution >= 4 is 22.3 Å². The minimum atomic E-state index is -0.403. The lowest BCUT2D eigenvalue weighted by Gasteiger charge is -2.31. The predicted octanol–water partition coefficient (Wildman–Crippen LogP) is 4.56. The zero-order valence-electron chi connectivity index (χ0n) is 12.1. The van der Waals surface area contributed by atoms with Crippen LogP contribution in [-0.2, 0) is 6.42 Å². The molecule has 1 atom stereocenters. The van der Waals surface area contributed by atoms with Crippen LogP contribution >= 0.6 is 11.3 Å². The van der Waals surface area contributed by atoms with E-state index in [0.29, 0.717) is 0 Å². The Morgan fingerprint density at radius 3 is 2.95 bits per heavy atom. The molecule has 4 rings (SSSR count). The third-order valence-corrected chi connectivity index (χ3v) is 5.27. The summed E-state index contributed by atoms with van der Waals surface area (Å²) in [6, 6.07) is 9.99. The second-order valence-electron chi connectivity index (χ2n) is 6.54. The van der Waals surface area contributed by atoms with Gasteiger partial charge in [-0.1, -0.05) is 32.0 Å². The first-order valence-electron chi connectivity index (χ1n) is 7.18. The molecule has 1 unspecified atom stereocenters. The van der Waals surface area contributed by atoms with Crippen LogP contribution in [0.1, 0.15) is 36.9 Å². The Bertz CT molecular complexity index is 782. The number of rotatable bonds is 1. The van der Waals surface area contributed by atoms with Crippen LogP contribution in [0.5, 0.6) is 0 Å². The van der Waals surface area contributed by atoms with E-state index in [1.54, 1.807) is 11.3 Å². The summed E-state index contributed by atoms with van der Waals surface area (Å²) in [5.74, 6) is 0.792. The van der Waals surface area contributed by atoms with Gasteiger partial charge in [0, 0.05) is 5.39 Å². The summed E-state index contributed by atoms with van der Waals surface area (Å²) < 4.78 is 5.89. The van der Waals surface area contributed by atoms with E-state index >= 15 is 0 Å². The molecule has 2 aromatic heterocycles. The van der Waals surface area contributed by atoms with Crippen LogP contribution in [0.25, 0.3) is 21.7 Å². The third kappa shape index (κ3) is 2.19. The molecule has 3 aromatic rings. The molecule has 1 N–H and O–H groups in total. The van der Waals surface area contributed by atoms with Crippen LogP contribution in [0.15, 0.2) is 34.7 Å². The van der Waals surface area contributed by atoms with Crippen molar-refractivity contribution in [1.29, 1.82) is 0 Å². The van der Waals surface area contributed by atoms with E-state index in [1.165, 1.54) is 0 Å². The van der Waals surface area contributed by atoms with Gasteiger partial charge in [-0.15, -0.1) is 11.3 Å². The van der Waals surface area contributed by atoms with Gasteiger partial charge in [0.05, 0.1) is 16.7 Å². The largest absolute Gasteiger partial charge is 0.454 e. The number of hydrogen-bond acceptors (Lipinski definition) is 4. The van der Waals surface area contributed by atoms with Gasteiger partial charge in [0.25, 0.3) is 0 Å². The monoisotopic (exact) mass is 299 g/mol. The molecule has 0 saturated carbocycles. The average Bonchev–Trinajstić information content (AvgIpc) is 2.99. The highest BCUT2D eigenvalue weighted by Crippen LogP contribution is 2.45. The highest BCUT2D eigenvalue weighted by molar-refractivity contribution is 7.15. The number of nitrogens with zero attached hydrogens (tertiary/aromatic N) is 1. The molecule has 0 spiro atoms. The van der Waals surface area contributed by atoms with Crippen LogP contribution in [0, 0.1) is 5.41 Å². The molecule has 4 heteroatoms. The van der Waals surface area contributed by atoms with Gasteiger partial charge in [0.1, 0.15) is 5.58 Å². The topological polar surface area (TPSA) is 46.3 Å². The number of furan rings is 1. The maximum atomic E-state index is 10.3. The third-order valence-electron chi connectivity index (χ3n) is 4.06. The van der Waals surface area contributed by atoms with Gasteiger partial charge in [0.2, 0.25) is 0 Å². The number of benzene rings is 1. The lowest BCUT2D eigenvalue weighted by molar-refractivity contribution is 0.102. The van der Waals surface area contributed by atoms with Crippen molar-refractivity contribution in [2.75, 3.05) is 0 Å². The summed E-state index contributed by atoms with van der Waals surface area (Å²) in [5, 5.41) is 12.3. The van der Waals surface area contributed by atoms with Crippen LogP contribution < -0.4 is 0 Å². The summed E-state index contributed by atoms with van der Waals surface area (Å²) in [7, 11) is 0. The second kappa shape index (κ2) is 4.42. The van der Waals surface area contributed by atoms with Crippen molar-refractivity contribution in [2.24, 2.45) is 5.41 Å². The zero-order chi connectivity index (χ0) is 14.6. The lowest BCUT2D eigenvalue weighted by atomic mass is 9.77. The molecule has 0 aliphatic heterocycles. The van der Waals surface area contributed by atoms with Crippen molar-refractivity contribution in [3.05, 3.63) is 40.9 Å². The fourth-order valence-electron chi connectivity index (χ4n) is 3.08. The number of fused-ring (bicyclic) bond motifs is 2. The van der Waals surface area contributed by atoms with Gasteiger partial charge in [0.15, 0.2) is 10.8 Å². The Morgan fingerprint density at radius 2 is 2.14 bits per heavy atom. The van der Waals surface area contributed by atoms with Gasteiger partial charge in [-0.2, -0.15) is 0 Å². The molecule has 2 heterocycles. The molecule has 0 amide bonds. The molecule has 0 saturated heterocycles. The van der Waals surface area contributed by atoms with Crippen LogP contribution in [0.3, 0.4) is 0 Å². The quantitative estimate of drug-likeness (QED) is 0.716. The van der Waals surface area contributed by atoms with E-state index in [9.17, 15) is 5.11 Å². The second-order valence-corrected chi connectivity index (χ2v) is 7.57. The maximum Gasteiger partial charge on any atom is 0.164 e. The van der Waals surface area contributed by atoms with Gasteiger partial charge in [-0.3, -0.25) is 0 Å². The van der Waals surface area contributed by atoms with Crippen molar-refractivity contribution in [1.82, 2.24) is 4.98 Å². The standard InChI is InChI=1S/C17H17NO2S/c1-17(2)8-11-15(12(19)9-17)21-16(18-11)14-7-10-5-3-4-6-13(10)20-14/h3-7,12,19H,8-9H2,1-2H3. The molecule has 1 aromatic carbocycles. The van der Waals surface area contributed by atoms with Crippen molar-refractivity contribution in [3.63, 3.8) is 0 Å². The Hall–Kier alpha value is -1.65. The van der Waals surface area contributed by atoms with Gasteiger partial charge in [-0.25, -0.2) is 4.98 Å². The van der Waals surface area contributed by atoms with E-state index in [4.69, 9.17) is 9.40 Å².